The molecule has 0 aliphatic heterocycles. The molecule has 0 radical (unpaired) electrons. The topological polar surface area (TPSA) is 179 Å². The van der Waals surface area contributed by atoms with Gasteiger partial charge in [0.05, 0.1) is 23.9 Å². The summed E-state index contributed by atoms with van der Waals surface area (Å²) in [5.74, 6) is -5.95. The van der Waals surface area contributed by atoms with Crippen LogP contribution in [0, 0.1) is 0 Å². The number of carbonyl (C=O) groups is 4. The number of ether oxygens (including phenoxy) is 2. The fourth-order valence-electron chi connectivity index (χ4n) is 2.08. The first-order valence-corrected chi connectivity index (χ1v) is 9.56. The van der Waals surface area contributed by atoms with Gasteiger partial charge in [0.1, 0.15) is 0 Å². The molecule has 0 heterocycles. The van der Waals surface area contributed by atoms with E-state index in [2.05, 4.69) is 0 Å². The van der Waals surface area contributed by atoms with E-state index in [1.54, 1.807) is 0 Å². The molecule has 0 aromatic rings. The van der Waals surface area contributed by atoms with Crippen molar-refractivity contribution in [2.24, 2.45) is 0 Å². The summed E-state index contributed by atoms with van der Waals surface area (Å²) in [6, 6.07) is 0. The Balaban J connectivity index is -0.000000231. The van der Waals surface area contributed by atoms with Crippen molar-refractivity contribution < 1.29 is 49.1 Å². The second-order valence-corrected chi connectivity index (χ2v) is 5.86. The van der Waals surface area contributed by atoms with Crippen molar-refractivity contribution >= 4 is 70.0 Å². The zero-order chi connectivity index (χ0) is 23.4. The van der Waals surface area contributed by atoms with Gasteiger partial charge in [0.15, 0.2) is 0 Å². The van der Waals surface area contributed by atoms with Gasteiger partial charge in [0, 0.05) is 26.4 Å². The molecule has 0 saturated carbocycles. The van der Waals surface area contributed by atoms with Gasteiger partial charge in [-0.1, -0.05) is 0 Å². The molecule has 0 aromatic heterocycles. The SMILES string of the molecule is CCOCCCC/C(=C/C(=O)[O-])C(=O)[O-].CCOCCCC/C(=C/C(=O)[O-])C(=O)[O-].[Mg+2].[Mg+2]. The third-order valence-corrected chi connectivity index (χ3v) is 3.49. The average Bonchev–Trinajstić information content (AvgIpc) is 2.65. The van der Waals surface area contributed by atoms with Gasteiger partial charge in [-0.25, -0.2) is 0 Å². The Labute approximate surface area is 220 Å². The molecule has 32 heavy (non-hydrogen) atoms. The van der Waals surface area contributed by atoms with Gasteiger partial charge in [-0.15, -0.1) is 0 Å². The van der Waals surface area contributed by atoms with Crippen LogP contribution in [0.25, 0.3) is 0 Å². The van der Waals surface area contributed by atoms with Crippen molar-refractivity contribution in [3.8, 4) is 0 Å². The van der Waals surface area contributed by atoms with Crippen LogP contribution in [0.4, 0.5) is 0 Å². The van der Waals surface area contributed by atoms with Crippen LogP contribution in [0.2, 0.25) is 0 Å². The van der Waals surface area contributed by atoms with E-state index >= 15 is 0 Å². The molecular weight excluding hydrogens is 449 g/mol. The van der Waals surface area contributed by atoms with Crippen LogP contribution >= 0.6 is 0 Å². The molecule has 0 bridgehead atoms. The molecule has 0 spiro atoms. The molecular formula is C20H28Mg2O10. The summed E-state index contributed by atoms with van der Waals surface area (Å²) in [5, 5.41) is 41.2. The van der Waals surface area contributed by atoms with Gasteiger partial charge < -0.3 is 49.1 Å². The quantitative estimate of drug-likeness (QED) is 0.123. The Morgan fingerprint density at radius 1 is 0.625 bits per heavy atom. The first-order valence-electron chi connectivity index (χ1n) is 9.56. The van der Waals surface area contributed by atoms with Gasteiger partial charge in [-0.05, 0) is 75.7 Å². The van der Waals surface area contributed by atoms with E-state index in [-0.39, 0.29) is 70.1 Å². The zero-order valence-electron chi connectivity index (χ0n) is 18.7. The normalized spacial score (nSPS) is 10.7. The van der Waals surface area contributed by atoms with Crippen LogP contribution in [-0.2, 0) is 28.7 Å². The van der Waals surface area contributed by atoms with Gasteiger partial charge in [0.25, 0.3) is 0 Å². The third kappa shape index (κ3) is 26.8. The maximum atomic E-state index is 10.5. The Morgan fingerprint density at radius 3 is 1.16 bits per heavy atom. The smallest absolute Gasteiger partial charge is 0.545 e. The van der Waals surface area contributed by atoms with Crippen molar-refractivity contribution in [3.63, 3.8) is 0 Å². The number of hydrogen-bond donors (Lipinski definition) is 0. The van der Waals surface area contributed by atoms with Crippen molar-refractivity contribution in [3.05, 3.63) is 23.3 Å². The summed E-state index contributed by atoms with van der Waals surface area (Å²) in [5.41, 5.74) is -0.488. The second kappa shape index (κ2) is 26.1. The fraction of sp³-hybridized carbons (Fsp3) is 0.600. The summed E-state index contributed by atoms with van der Waals surface area (Å²) in [6.45, 7) is 6.04. The molecule has 0 rings (SSSR count). The van der Waals surface area contributed by atoms with E-state index < -0.39 is 23.9 Å². The number of unbranched alkanes of at least 4 members (excludes halogenated alkanes) is 2. The minimum Gasteiger partial charge on any atom is -0.545 e. The van der Waals surface area contributed by atoms with Crippen LogP contribution < -0.4 is 20.4 Å². The van der Waals surface area contributed by atoms with Crippen LogP contribution in [0.3, 0.4) is 0 Å². The maximum absolute atomic E-state index is 10.5. The van der Waals surface area contributed by atoms with E-state index in [0.29, 0.717) is 64.3 Å². The number of carboxylic acids is 4. The Bertz CT molecular complexity index is 551. The molecule has 0 aliphatic carbocycles. The summed E-state index contributed by atoms with van der Waals surface area (Å²) in [7, 11) is 0. The van der Waals surface area contributed by atoms with Gasteiger partial charge in [-0.2, -0.15) is 0 Å². The van der Waals surface area contributed by atoms with E-state index in [1.807, 2.05) is 13.8 Å². The molecule has 0 aromatic carbocycles. The largest absolute Gasteiger partial charge is 2.00 e. The summed E-state index contributed by atoms with van der Waals surface area (Å²) < 4.78 is 10.1. The van der Waals surface area contributed by atoms with E-state index in [4.69, 9.17) is 9.47 Å². The molecule has 0 aliphatic rings. The van der Waals surface area contributed by atoms with E-state index in [1.165, 1.54) is 0 Å². The summed E-state index contributed by atoms with van der Waals surface area (Å²) in [6.07, 6.45) is 3.91. The van der Waals surface area contributed by atoms with Crippen molar-refractivity contribution in [1.29, 1.82) is 0 Å². The minimum absolute atomic E-state index is 0. The summed E-state index contributed by atoms with van der Waals surface area (Å²) >= 11 is 0. The number of hydrogen-bond acceptors (Lipinski definition) is 10. The van der Waals surface area contributed by atoms with Crippen LogP contribution in [0.1, 0.15) is 52.4 Å². The van der Waals surface area contributed by atoms with Gasteiger partial charge in [0.2, 0.25) is 0 Å². The first kappa shape index (κ1) is 38.1. The molecule has 12 heteroatoms. The molecule has 0 unspecified atom stereocenters. The molecule has 0 saturated heterocycles. The predicted octanol–water partition coefficient (Wildman–Crippen LogP) is -3.52. The first-order chi connectivity index (χ1) is 14.1. The Hall–Kier alpha value is -1.19. The molecule has 10 nitrogen and oxygen atoms in total. The van der Waals surface area contributed by atoms with Crippen LogP contribution in [0.5, 0.6) is 0 Å². The third-order valence-electron chi connectivity index (χ3n) is 3.49. The maximum Gasteiger partial charge on any atom is 2.00 e. The van der Waals surface area contributed by atoms with Crippen molar-refractivity contribution in [1.82, 2.24) is 0 Å². The van der Waals surface area contributed by atoms with Crippen molar-refractivity contribution in [2.75, 3.05) is 26.4 Å². The molecule has 0 N–H and O–H groups in total. The fourth-order valence-corrected chi connectivity index (χ4v) is 2.08. The number of carbonyl (C=O) groups excluding carboxylic acids is 4. The number of carboxylic acid groups (broad SMARTS) is 4. The van der Waals surface area contributed by atoms with E-state index in [0.717, 1.165) is 0 Å². The van der Waals surface area contributed by atoms with Crippen molar-refractivity contribution in [2.45, 2.75) is 52.4 Å². The minimum atomic E-state index is -1.51. The average molecular weight is 477 g/mol. The van der Waals surface area contributed by atoms with Crippen LogP contribution in [0.15, 0.2) is 23.3 Å². The molecule has 0 fully saturated rings. The second-order valence-electron chi connectivity index (χ2n) is 5.86. The molecule has 172 valence electrons. The molecule has 0 atom stereocenters. The molecule has 0 amide bonds. The monoisotopic (exact) mass is 476 g/mol. The predicted molar refractivity (Wildman–Crippen MR) is 108 cm³/mol. The van der Waals surface area contributed by atoms with E-state index in [9.17, 15) is 39.6 Å². The number of aliphatic carboxylic acids is 4. The van der Waals surface area contributed by atoms with Gasteiger partial charge in [-0.3, -0.25) is 0 Å². The number of rotatable bonds is 16. The Morgan fingerprint density at radius 2 is 0.938 bits per heavy atom. The summed E-state index contributed by atoms with van der Waals surface area (Å²) in [4.78, 5) is 41.2. The zero-order valence-corrected chi connectivity index (χ0v) is 21.6. The van der Waals surface area contributed by atoms with Gasteiger partial charge >= 0.3 is 46.1 Å². The Kier molecular flexibility index (Phi) is 31.0. The standard InChI is InChI=1S/2C10H16O5.2Mg/c2*1-2-15-6-4-3-5-8(10(13)14)7-9(11)12;;/h2*7H,2-6H2,1H3,(H,11,12)(H,13,14);;/q;;2*+2/p-4/b2*8-7-;;. The van der Waals surface area contributed by atoms with Crippen LogP contribution in [-0.4, -0.2) is 96.4 Å².